The highest BCUT2D eigenvalue weighted by Crippen LogP contribution is 2.26. The molecule has 0 aliphatic heterocycles. The summed E-state index contributed by atoms with van der Waals surface area (Å²) in [5, 5.41) is 5.24. The lowest BCUT2D eigenvalue weighted by Crippen LogP contribution is -2.49. The van der Waals surface area contributed by atoms with Crippen molar-refractivity contribution < 1.29 is 32.2 Å². The molecule has 6 nitrogen and oxygen atoms in total. The Bertz CT molecular complexity index is 883. The Morgan fingerprint density at radius 3 is 2.26 bits per heavy atom. The van der Waals surface area contributed by atoms with E-state index in [0.717, 1.165) is 0 Å². The van der Waals surface area contributed by atoms with Gasteiger partial charge in [0.25, 0.3) is 5.91 Å². The number of hydrogen-bond acceptors (Lipinski definition) is 4. The van der Waals surface area contributed by atoms with Gasteiger partial charge >= 0.3 is 6.36 Å². The van der Waals surface area contributed by atoms with Gasteiger partial charge in [-0.1, -0.05) is 32.0 Å². The molecule has 0 spiro atoms. The SMILES string of the molecule is CCOc1ccc(C(=O)N[C@H](C(=O)NCc2ccccc2OC(F)(F)F)C(C)C)cc1. The number of ether oxygens (including phenoxy) is 2. The smallest absolute Gasteiger partial charge is 0.494 e. The van der Waals surface area contributed by atoms with Gasteiger partial charge in [-0.2, -0.15) is 0 Å². The van der Waals surface area contributed by atoms with Crippen molar-refractivity contribution in [3.63, 3.8) is 0 Å². The fourth-order valence-electron chi connectivity index (χ4n) is 2.80. The molecule has 2 rings (SSSR count). The fraction of sp³-hybridized carbons (Fsp3) is 0.364. The quantitative estimate of drug-likeness (QED) is 0.619. The summed E-state index contributed by atoms with van der Waals surface area (Å²) in [6.45, 7) is 5.67. The summed E-state index contributed by atoms with van der Waals surface area (Å²) in [6, 6.07) is 11.1. The number of alkyl halides is 3. The van der Waals surface area contributed by atoms with Crippen molar-refractivity contribution in [3.05, 3.63) is 59.7 Å². The largest absolute Gasteiger partial charge is 0.573 e. The first-order valence-corrected chi connectivity index (χ1v) is 9.75. The number of hydrogen-bond donors (Lipinski definition) is 2. The molecule has 0 radical (unpaired) electrons. The Labute approximate surface area is 178 Å². The van der Waals surface area contributed by atoms with Gasteiger partial charge in [-0.15, -0.1) is 13.2 Å². The Hall–Kier alpha value is -3.23. The van der Waals surface area contributed by atoms with Crippen LogP contribution in [0.3, 0.4) is 0 Å². The van der Waals surface area contributed by atoms with Gasteiger partial charge < -0.3 is 20.1 Å². The molecule has 0 aromatic heterocycles. The number of carbonyl (C=O) groups is 2. The third-order valence-electron chi connectivity index (χ3n) is 4.31. The lowest BCUT2D eigenvalue weighted by atomic mass is 10.0. The topological polar surface area (TPSA) is 76.7 Å². The van der Waals surface area contributed by atoms with Crippen LogP contribution in [0.2, 0.25) is 0 Å². The van der Waals surface area contributed by atoms with E-state index >= 15 is 0 Å². The monoisotopic (exact) mass is 438 g/mol. The lowest BCUT2D eigenvalue weighted by molar-refractivity contribution is -0.274. The molecule has 2 N–H and O–H groups in total. The lowest BCUT2D eigenvalue weighted by Gasteiger charge is -2.22. The zero-order valence-electron chi connectivity index (χ0n) is 17.5. The van der Waals surface area contributed by atoms with Gasteiger partial charge in [0.1, 0.15) is 17.5 Å². The molecule has 0 fully saturated rings. The van der Waals surface area contributed by atoms with E-state index in [0.29, 0.717) is 17.9 Å². The number of para-hydroxylation sites is 1. The van der Waals surface area contributed by atoms with E-state index < -0.39 is 30.0 Å². The minimum atomic E-state index is -4.84. The predicted molar refractivity (Wildman–Crippen MR) is 109 cm³/mol. The van der Waals surface area contributed by atoms with Crippen LogP contribution in [0.5, 0.6) is 11.5 Å². The van der Waals surface area contributed by atoms with E-state index in [1.807, 2.05) is 6.92 Å². The van der Waals surface area contributed by atoms with Crippen molar-refractivity contribution >= 4 is 11.8 Å². The summed E-state index contributed by atoms with van der Waals surface area (Å²) in [7, 11) is 0. The Kier molecular flexibility index (Phi) is 8.30. The van der Waals surface area contributed by atoms with Crippen LogP contribution in [0.15, 0.2) is 48.5 Å². The molecule has 0 heterocycles. The first kappa shape index (κ1) is 24.0. The minimum Gasteiger partial charge on any atom is -0.494 e. The van der Waals surface area contributed by atoms with Crippen LogP contribution in [0.25, 0.3) is 0 Å². The first-order chi connectivity index (χ1) is 14.6. The highest BCUT2D eigenvalue weighted by molar-refractivity contribution is 5.97. The minimum absolute atomic E-state index is 0.161. The number of rotatable bonds is 9. The van der Waals surface area contributed by atoms with Crippen molar-refractivity contribution in [1.29, 1.82) is 0 Å². The summed E-state index contributed by atoms with van der Waals surface area (Å²) < 4.78 is 47.0. The maximum Gasteiger partial charge on any atom is 0.573 e. The number of amides is 2. The van der Waals surface area contributed by atoms with Crippen LogP contribution in [0.4, 0.5) is 13.2 Å². The van der Waals surface area contributed by atoms with Crippen LogP contribution in [-0.4, -0.2) is 30.8 Å². The summed E-state index contributed by atoms with van der Waals surface area (Å²) in [5.74, 6) is -0.992. The number of benzene rings is 2. The first-order valence-electron chi connectivity index (χ1n) is 9.75. The van der Waals surface area contributed by atoms with E-state index in [9.17, 15) is 22.8 Å². The van der Waals surface area contributed by atoms with E-state index in [1.165, 1.54) is 18.2 Å². The highest BCUT2D eigenvalue weighted by Gasteiger charge is 2.32. The molecule has 2 amide bonds. The molecular formula is C22H25F3N2O4. The van der Waals surface area contributed by atoms with Crippen LogP contribution < -0.4 is 20.1 Å². The van der Waals surface area contributed by atoms with Crippen molar-refractivity contribution in [2.45, 2.75) is 39.7 Å². The molecule has 0 saturated heterocycles. The molecule has 9 heteroatoms. The predicted octanol–water partition coefficient (Wildman–Crippen LogP) is 4.05. The number of carbonyl (C=O) groups excluding carboxylic acids is 2. The third kappa shape index (κ3) is 7.51. The van der Waals surface area contributed by atoms with E-state index in [-0.39, 0.29) is 18.0 Å². The molecule has 2 aromatic carbocycles. The summed E-state index contributed by atoms with van der Waals surface area (Å²) >= 11 is 0. The summed E-state index contributed by atoms with van der Waals surface area (Å²) in [6.07, 6.45) is -4.84. The van der Waals surface area contributed by atoms with Gasteiger partial charge in [0, 0.05) is 17.7 Å². The Morgan fingerprint density at radius 2 is 1.68 bits per heavy atom. The summed E-state index contributed by atoms with van der Waals surface area (Å²) in [4.78, 5) is 25.2. The van der Waals surface area contributed by atoms with Crippen molar-refractivity contribution in [1.82, 2.24) is 10.6 Å². The third-order valence-corrected chi connectivity index (χ3v) is 4.31. The summed E-state index contributed by atoms with van der Waals surface area (Å²) in [5.41, 5.74) is 0.513. The van der Waals surface area contributed by atoms with Gasteiger partial charge in [-0.3, -0.25) is 9.59 Å². The fourth-order valence-corrected chi connectivity index (χ4v) is 2.80. The van der Waals surface area contributed by atoms with Gasteiger partial charge in [0.05, 0.1) is 6.61 Å². The molecule has 0 unspecified atom stereocenters. The highest BCUT2D eigenvalue weighted by atomic mass is 19.4. The van der Waals surface area contributed by atoms with Crippen LogP contribution in [0.1, 0.15) is 36.7 Å². The zero-order valence-corrected chi connectivity index (χ0v) is 17.5. The Balaban J connectivity index is 2.04. The standard InChI is InChI=1S/C22H25F3N2O4/c1-4-30-17-11-9-15(10-12-17)20(28)27-19(14(2)3)21(29)26-13-16-7-5-6-8-18(16)31-22(23,24)25/h5-12,14,19H,4,13H2,1-3H3,(H,26,29)(H,27,28)/t19-/m0/s1. The molecule has 2 aromatic rings. The van der Waals surface area contributed by atoms with Crippen molar-refractivity contribution in [2.75, 3.05) is 6.61 Å². The van der Waals surface area contributed by atoms with Crippen molar-refractivity contribution in [2.24, 2.45) is 5.92 Å². The van der Waals surface area contributed by atoms with Crippen molar-refractivity contribution in [3.8, 4) is 11.5 Å². The second kappa shape index (κ2) is 10.7. The maximum atomic E-state index is 12.7. The van der Waals surface area contributed by atoms with Gasteiger partial charge in [0.15, 0.2) is 0 Å². The molecule has 168 valence electrons. The Morgan fingerprint density at radius 1 is 1.03 bits per heavy atom. The zero-order chi connectivity index (χ0) is 23.0. The maximum absolute atomic E-state index is 12.7. The number of halogens is 3. The molecule has 1 atom stereocenters. The molecule has 0 bridgehead atoms. The normalized spacial score (nSPS) is 12.2. The molecule has 0 aliphatic carbocycles. The average Bonchev–Trinajstić information content (AvgIpc) is 2.70. The van der Waals surface area contributed by atoms with E-state index in [2.05, 4.69) is 15.4 Å². The number of nitrogens with one attached hydrogen (secondary N) is 2. The molecule has 0 saturated carbocycles. The van der Waals surface area contributed by atoms with Gasteiger partial charge in [-0.05, 0) is 43.2 Å². The van der Waals surface area contributed by atoms with E-state index in [4.69, 9.17) is 4.74 Å². The van der Waals surface area contributed by atoms with E-state index in [1.54, 1.807) is 44.2 Å². The molecular weight excluding hydrogens is 413 g/mol. The second-order valence-electron chi connectivity index (χ2n) is 7.03. The second-order valence-corrected chi connectivity index (χ2v) is 7.03. The van der Waals surface area contributed by atoms with Crippen LogP contribution in [-0.2, 0) is 11.3 Å². The van der Waals surface area contributed by atoms with Crippen LogP contribution in [0, 0.1) is 5.92 Å². The average molecular weight is 438 g/mol. The molecule has 31 heavy (non-hydrogen) atoms. The van der Waals surface area contributed by atoms with Gasteiger partial charge in [0.2, 0.25) is 5.91 Å². The van der Waals surface area contributed by atoms with Crippen LogP contribution >= 0.6 is 0 Å². The molecule has 0 aliphatic rings. The van der Waals surface area contributed by atoms with Gasteiger partial charge in [-0.25, -0.2) is 0 Å².